The summed E-state index contributed by atoms with van der Waals surface area (Å²) in [6, 6.07) is 5.40. The molecule has 2 aromatic heterocycles. The summed E-state index contributed by atoms with van der Waals surface area (Å²) in [6.45, 7) is 2.18. The molecule has 0 spiro atoms. The predicted molar refractivity (Wildman–Crippen MR) is 94.1 cm³/mol. The third-order valence-electron chi connectivity index (χ3n) is 4.66. The molecule has 0 amide bonds. The van der Waals surface area contributed by atoms with Crippen LogP contribution in [0.4, 0.5) is 0 Å². The highest BCUT2D eigenvalue weighted by molar-refractivity contribution is 5.72. The van der Waals surface area contributed by atoms with Crippen LogP contribution in [0.1, 0.15) is 43.4 Å². The third kappa shape index (κ3) is 4.53. The fourth-order valence-electron chi connectivity index (χ4n) is 3.20. The van der Waals surface area contributed by atoms with Crippen molar-refractivity contribution in [2.75, 3.05) is 6.61 Å². The Morgan fingerprint density at radius 1 is 1.28 bits per heavy atom. The lowest BCUT2D eigenvalue weighted by Gasteiger charge is -2.21. The minimum Gasteiger partial charge on any atom is -0.465 e. The Hall–Kier alpha value is -2.50. The lowest BCUT2D eigenvalue weighted by atomic mass is 9.90. The molecule has 1 N–H and O–H groups in total. The number of hydrogen-bond donors (Lipinski definition) is 1. The monoisotopic (exact) mass is 341 g/mol. The number of aryl methyl sites for hydroxylation is 1. The van der Waals surface area contributed by atoms with E-state index in [1.165, 1.54) is 19.3 Å². The summed E-state index contributed by atoms with van der Waals surface area (Å²) in [5.74, 6) is 0.496. The minimum absolute atomic E-state index is 0.0522. The highest BCUT2D eigenvalue weighted by Gasteiger charge is 2.18. The second kappa shape index (κ2) is 8.05. The fourth-order valence-corrected chi connectivity index (χ4v) is 3.20. The van der Waals surface area contributed by atoms with Gasteiger partial charge in [-0.15, -0.1) is 0 Å². The van der Waals surface area contributed by atoms with Gasteiger partial charge in [-0.1, -0.05) is 25.3 Å². The van der Waals surface area contributed by atoms with Crippen molar-refractivity contribution in [1.82, 2.24) is 15.0 Å². The second-order valence-corrected chi connectivity index (χ2v) is 6.56. The van der Waals surface area contributed by atoms with Gasteiger partial charge in [-0.05, 0) is 37.8 Å². The lowest BCUT2D eigenvalue weighted by molar-refractivity contribution is -0.144. The van der Waals surface area contributed by atoms with Crippen LogP contribution in [0.5, 0.6) is 0 Å². The highest BCUT2D eigenvalue weighted by atomic mass is 16.5. The van der Waals surface area contributed by atoms with Crippen molar-refractivity contribution >= 4 is 5.97 Å². The molecule has 0 aromatic carbocycles. The molecule has 0 aliphatic heterocycles. The summed E-state index contributed by atoms with van der Waals surface area (Å²) in [6.07, 6.45) is 7.51. The summed E-state index contributed by atoms with van der Waals surface area (Å²) in [5, 5.41) is 0. The SMILES string of the molecule is Cc1nc(-c2ccccn2)[nH]c(=O)c1CC(=O)OCC1CCCCC1. The maximum absolute atomic E-state index is 12.3. The van der Waals surface area contributed by atoms with E-state index >= 15 is 0 Å². The maximum atomic E-state index is 12.3. The van der Waals surface area contributed by atoms with E-state index in [4.69, 9.17) is 4.74 Å². The Morgan fingerprint density at radius 2 is 2.08 bits per heavy atom. The average molecular weight is 341 g/mol. The topological polar surface area (TPSA) is 84.9 Å². The van der Waals surface area contributed by atoms with Crippen LogP contribution < -0.4 is 5.56 Å². The van der Waals surface area contributed by atoms with E-state index in [9.17, 15) is 9.59 Å². The molecule has 25 heavy (non-hydrogen) atoms. The van der Waals surface area contributed by atoms with Crippen LogP contribution in [0.15, 0.2) is 29.2 Å². The Labute approximate surface area is 146 Å². The number of carbonyl (C=O) groups is 1. The fraction of sp³-hybridized carbons (Fsp3) is 0.474. The molecule has 0 saturated heterocycles. The molecule has 6 nitrogen and oxygen atoms in total. The molecule has 0 radical (unpaired) electrons. The first-order chi connectivity index (χ1) is 12.1. The molecule has 1 aliphatic rings. The Balaban J connectivity index is 1.66. The molecule has 0 unspecified atom stereocenters. The predicted octanol–water partition coefficient (Wildman–Crippen LogP) is 2.81. The van der Waals surface area contributed by atoms with Crippen LogP contribution in [0, 0.1) is 12.8 Å². The van der Waals surface area contributed by atoms with E-state index in [1.807, 2.05) is 6.07 Å². The first-order valence-electron chi connectivity index (χ1n) is 8.80. The smallest absolute Gasteiger partial charge is 0.310 e. The first-order valence-corrected chi connectivity index (χ1v) is 8.80. The molecule has 1 saturated carbocycles. The molecular formula is C19H23N3O3. The van der Waals surface area contributed by atoms with Crippen LogP contribution in [0.25, 0.3) is 11.5 Å². The van der Waals surface area contributed by atoms with Crippen LogP contribution in [0.3, 0.4) is 0 Å². The molecule has 3 rings (SSSR count). The quantitative estimate of drug-likeness (QED) is 0.845. The van der Waals surface area contributed by atoms with Gasteiger partial charge in [0.1, 0.15) is 5.69 Å². The normalized spacial score (nSPS) is 15.1. The molecule has 0 bridgehead atoms. The van der Waals surface area contributed by atoms with Gasteiger partial charge in [-0.2, -0.15) is 0 Å². The van der Waals surface area contributed by atoms with Gasteiger partial charge < -0.3 is 9.72 Å². The Bertz CT molecular complexity index is 780. The molecule has 6 heteroatoms. The van der Waals surface area contributed by atoms with Crippen LogP contribution in [-0.4, -0.2) is 27.5 Å². The number of ether oxygens (including phenoxy) is 1. The van der Waals surface area contributed by atoms with Crippen molar-refractivity contribution in [1.29, 1.82) is 0 Å². The summed E-state index contributed by atoms with van der Waals surface area (Å²) in [4.78, 5) is 35.7. The molecule has 1 fully saturated rings. The van der Waals surface area contributed by atoms with Crippen molar-refractivity contribution in [2.24, 2.45) is 5.92 Å². The third-order valence-corrected chi connectivity index (χ3v) is 4.66. The van der Waals surface area contributed by atoms with E-state index in [-0.39, 0.29) is 17.9 Å². The van der Waals surface area contributed by atoms with Crippen molar-refractivity contribution in [3.8, 4) is 11.5 Å². The summed E-state index contributed by atoms with van der Waals surface area (Å²) in [7, 11) is 0. The zero-order chi connectivity index (χ0) is 17.6. The van der Waals surface area contributed by atoms with Crippen LogP contribution >= 0.6 is 0 Å². The number of carbonyl (C=O) groups excluding carboxylic acids is 1. The van der Waals surface area contributed by atoms with Gasteiger partial charge in [0.15, 0.2) is 5.82 Å². The first kappa shape index (κ1) is 17.3. The largest absolute Gasteiger partial charge is 0.465 e. The minimum atomic E-state index is -0.369. The number of H-pyrrole nitrogens is 1. The molecular weight excluding hydrogens is 318 g/mol. The number of rotatable bonds is 5. The van der Waals surface area contributed by atoms with Crippen LogP contribution in [0.2, 0.25) is 0 Å². The number of hydrogen-bond acceptors (Lipinski definition) is 5. The van der Waals surface area contributed by atoms with Gasteiger partial charge in [-0.3, -0.25) is 14.6 Å². The van der Waals surface area contributed by atoms with Gasteiger partial charge in [-0.25, -0.2) is 4.98 Å². The average Bonchev–Trinajstić information content (AvgIpc) is 2.64. The number of pyridine rings is 1. The van der Waals surface area contributed by atoms with Crippen molar-refractivity contribution in [3.63, 3.8) is 0 Å². The summed E-state index contributed by atoms with van der Waals surface area (Å²) in [5.41, 5.74) is 1.16. The van der Waals surface area contributed by atoms with E-state index < -0.39 is 0 Å². The Morgan fingerprint density at radius 3 is 2.76 bits per heavy atom. The Kier molecular flexibility index (Phi) is 5.58. The summed E-state index contributed by atoms with van der Waals surface area (Å²) < 4.78 is 5.38. The molecule has 0 atom stereocenters. The van der Waals surface area contributed by atoms with E-state index in [2.05, 4.69) is 15.0 Å². The standard InChI is InChI=1S/C19H23N3O3/c1-13-15(11-17(23)25-12-14-7-3-2-4-8-14)19(24)22-18(21-13)16-9-5-6-10-20-16/h5-6,9-10,14H,2-4,7-8,11-12H2,1H3,(H,21,22,24). The lowest BCUT2D eigenvalue weighted by Crippen LogP contribution is -2.23. The molecule has 2 heterocycles. The number of aromatic nitrogens is 3. The maximum Gasteiger partial charge on any atom is 0.310 e. The van der Waals surface area contributed by atoms with Gasteiger partial charge in [0.25, 0.3) is 5.56 Å². The van der Waals surface area contributed by atoms with E-state index in [1.54, 1.807) is 25.3 Å². The molecule has 2 aromatic rings. The van der Waals surface area contributed by atoms with Crippen molar-refractivity contribution in [2.45, 2.75) is 45.4 Å². The summed E-state index contributed by atoms with van der Waals surface area (Å²) >= 11 is 0. The highest BCUT2D eigenvalue weighted by Crippen LogP contribution is 2.23. The van der Waals surface area contributed by atoms with Crippen LogP contribution in [-0.2, 0) is 16.0 Å². The zero-order valence-electron chi connectivity index (χ0n) is 14.5. The van der Waals surface area contributed by atoms with Crippen molar-refractivity contribution < 1.29 is 9.53 Å². The van der Waals surface area contributed by atoms with Gasteiger partial charge >= 0.3 is 5.97 Å². The number of esters is 1. The number of nitrogens with zero attached hydrogens (tertiary/aromatic N) is 2. The van der Waals surface area contributed by atoms with Gasteiger partial charge in [0.05, 0.1) is 13.0 Å². The molecule has 1 aliphatic carbocycles. The molecule has 132 valence electrons. The second-order valence-electron chi connectivity index (χ2n) is 6.56. The van der Waals surface area contributed by atoms with Gasteiger partial charge in [0, 0.05) is 17.5 Å². The number of nitrogens with one attached hydrogen (secondary N) is 1. The van der Waals surface area contributed by atoms with E-state index in [0.717, 1.165) is 12.8 Å². The number of aromatic amines is 1. The van der Waals surface area contributed by atoms with Crippen molar-refractivity contribution in [3.05, 3.63) is 46.0 Å². The van der Waals surface area contributed by atoms with E-state index in [0.29, 0.717) is 35.3 Å². The van der Waals surface area contributed by atoms with Gasteiger partial charge in [0.2, 0.25) is 0 Å². The zero-order valence-corrected chi connectivity index (χ0v) is 14.5.